The number of benzene rings is 1. The molecule has 22 heavy (non-hydrogen) atoms. The van der Waals surface area contributed by atoms with Gasteiger partial charge in [-0.1, -0.05) is 11.6 Å². The van der Waals surface area contributed by atoms with Crippen LogP contribution >= 0.6 is 11.6 Å². The number of nitro groups is 1. The Hall–Kier alpha value is -1.31. The lowest BCUT2D eigenvalue weighted by molar-refractivity contribution is -0.385. The standard InChI is InChI=1S/C14H19BClNO5/c1-6-20-12-10(16)7-9(8-11(12)17(18)19)15-21-13(2,3)14(4,5)22-15/h7-8H,6H2,1-5H3. The Kier molecular flexibility index (Phi) is 4.43. The molecule has 8 heteroatoms. The van der Waals surface area contributed by atoms with Crippen molar-refractivity contribution in [3.63, 3.8) is 0 Å². The van der Waals surface area contributed by atoms with E-state index >= 15 is 0 Å². The topological polar surface area (TPSA) is 70.8 Å². The van der Waals surface area contributed by atoms with Crippen molar-refractivity contribution < 1.29 is 19.0 Å². The number of ether oxygens (including phenoxy) is 1. The Balaban J connectivity index is 2.44. The van der Waals surface area contributed by atoms with E-state index in [4.69, 9.17) is 25.6 Å². The zero-order valence-electron chi connectivity index (χ0n) is 13.3. The van der Waals surface area contributed by atoms with Gasteiger partial charge in [0, 0.05) is 6.07 Å². The molecule has 0 bridgehead atoms. The molecule has 1 aromatic rings. The third kappa shape index (κ3) is 2.93. The molecular weight excluding hydrogens is 308 g/mol. The van der Waals surface area contributed by atoms with Crippen molar-refractivity contribution >= 4 is 29.9 Å². The van der Waals surface area contributed by atoms with Gasteiger partial charge in [-0.15, -0.1) is 0 Å². The Morgan fingerprint density at radius 3 is 2.27 bits per heavy atom. The highest BCUT2D eigenvalue weighted by atomic mass is 35.5. The van der Waals surface area contributed by atoms with E-state index in [1.807, 2.05) is 27.7 Å². The van der Waals surface area contributed by atoms with Crippen LogP contribution in [-0.2, 0) is 9.31 Å². The molecule has 0 amide bonds. The second kappa shape index (κ2) is 5.72. The van der Waals surface area contributed by atoms with Gasteiger partial charge in [-0.3, -0.25) is 10.1 Å². The first-order chi connectivity index (χ1) is 10.1. The van der Waals surface area contributed by atoms with Crippen LogP contribution in [0.1, 0.15) is 34.6 Å². The van der Waals surface area contributed by atoms with Gasteiger partial charge >= 0.3 is 12.8 Å². The summed E-state index contributed by atoms with van der Waals surface area (Å²) in [5.74, 6) is 0.0643. The average molecular weight is 328 g/mol. The van der Waals surface area contributed by atoms with E-state index in [0.29, 0.717) is 5.46 Å². The highest BCUT2D eigenvalue weighted by Gasteiger charge is 2.52. The molecule has 0 aliphatic carbocycles. The third-order valence-corrected chi connectivity index (χ3v) is 4.34. The Morgan fingerprint density at radius 2 is 1.82 bits per heavy atom. The van der Waals surface area contributed by atoms with Crippen LogP contribution in [0.25, 0.3) is 0 Å². The number of rotatable bonds is 4. The van der Waals surface area contributed by atoms with Crippen LogP contribution in [0.3, 0.4) is 0 Å². The maximum Gasteiger partial charge on any atom is 0.495 e. The minimum atomic E-state index is -0.711. The van der Waals surface area contributed by atoms with E-state index in [2.05, 4.69) is 0 Å². The molecule has 1 aromatic carbocycles. The van der Waals surface area contributed by atoms with E-state index in [1.54, 1.807) is 13.0 Å². The average Bonchev–Trinajstić information content (AvgIpc) is 2.60. The normalized spacial score (nSPS) is 19.3. The lowest BCUT2D eigenvalue weighted by Crippen LogP contribution is -2.41. The SMILES string of the molecule is CCOc1c(Cl)cc(B2OC(C)(C)C(C)(C)O2)cc1[N+](=O)[O-]. The summed E-state index contributed by atoms with van der Waals surface area (Å²) in [6.45, 7) is 9.68. The summed E-state index contributed by atoms with van der Waals surface area (Å²) >= 11 is 6.14. The van der Waals surface area contributed by atoms with Crippen molar-refractivity contribution in [2.45, 2.75) is 45.8 Å². The molecule has 120 valence electrons. The van der Waals surface area contributed by atoms with Gasteiger partial charge in [-0.2, -0.15) is 0 Å². The van der Waals surface area contributed by atoms with Crippen LogP contribution in [-0.4, -0.2) is 29.9 Å². The smallest absolute Gasteiger partial charge is 0.486 e. The maximum atomic E-state index is 11.3. The molecule has 1 saturated heterocycles. The molecule has 1 aliphatic heterocycles. The summed E-state index contributed by atoms with van der Waals surface area (Å²) in [6.07, 6.45) is 0. The first-order valence-electron chi connectivity index (χ1n) is 7.05. The van der Waals surface area contributed by atoms with Crippen LogP contribution < -0.4 is 10.2 Å². The van der Waals surface area contributed by atoms with Gasteiger partial charge in [0.05, 0.1) is 27.8 Å². The number of hydrogen-bond acceptors (Lipinski definition) is 5. The molecule has 0 aromatic heterocycles. The van der Waals surface area contributed by atoms with E-state index in [-0.39, 0.29) is 23.1 Å². The second-order valence-electron chi connectivity index (χ2n) is 6.13. The van der Waals surface area contributed by atoms with Crippen molar-refractivity contribution in [1.82, 2.24) is 0 Å². The fraction of sp³-hybridized carbons (Fsp3) is 0.571. The van der Waals surface area contributed by atoms with Crippen LogP contribution in [0, 0.1) is 10.1 Å². The Morgan fingerprint density at radius 1 is 1.27 bits per heavy atom. The summed E-state index contributed by atoms with van der Waals surface area (Å²) in [6, 6.07) is 2.97. The van der Waals surface area contributed by atoms with Crippen LogP contribution in [0.4, 0.5) is 5.69 Å². The molecule has 2 rings (SSSR count). The fourth-order valence-electron chi connectivity index (χ4n) is 2.14. The van der Waals surface area contributed by atoms with Crippen molar-refractivity contribution in [3.8, 4) is 5.75 Å². The second-order valence-corrected chi connectivity index (χ2v) is 6.54. The summed E-state index contributed by atoms with van der Waals surface area (Å²) in [4.78, 5) is 10.7. The quantitative estimate of drug-likeness (QED) is 0.483. The summed E-state index contributed by atoms with van der Waals surface area (Å²) in [7, 11) is -0.711. The monoisotopic (exact) mass is 327 g/mol. The van der Waals surface area contributed by atoms with E-state index in [9.17, 15) is 10.1 Å². The molecule has 0 saturated carbocycles. The molecule has 0 N–H and O–H groups in total. The number of nitrogens with zero attached hydrogens (tertiary/aromatic N) is 1. The minimum Gasteiger partial charge on any atom is -0.486 e. The van der Waals surface area contributed by atoms with Crippen LogP contribution in [0.5, 0.6) is 5.75 Å². The van der Waals surface area contributed by atoms with Gasteiger partial charge in [0.25, 0.3) is 0 Å². The molecule has 1 fully saturated rings. The largest absolute Gasteiger partial charge is 0.495 e. The van der Waals surface area contributed by atoms with Crippen molar-refractivity contribution in [3.05, 3.63) is 27.3 Å². The highest BCUT2D eigenvalue weighted by Crippen LogP contribution is 2.38. The molecule has 1 heterocycles. The van der Waals surface area contributed by atoms with Crippen LogP contribution in [0.2, 0.25) is 5.02 Å². The molecule has 0 unspecified atom stereocenters. The maximum absolute atomic E-state index is 11.3. The van der Waals surface area contributed by atoms with Gasteiger partial charge in [0.15, 0.2) is 0 Å². The molecule has 0 spiro atoms. The van der Waals surface area contributed by atoms with Crippen molar-refractivity contribution in [2.75, 3.05) is 6.61 Å². The molecular formula is C14H19BClNO5. The van der Waals surface area contributed by atoms with Gasteiger partial charge in [0.2, 0.25) is 5.75 Å². The summed E-state index contributed by atoms with van der Waals surface area (Å²) < 4.78 is 17.1. The predicted octanol–water partition coefficient (Wildman–Crippen LogP) is 2.95. The van der Waals surface area contributed by atoms with Gasteiger partial charge in [0.1, 0.15) is 0 Å². The molecule has 1 aliphatic rings. The van der Waals surface area contributed by atoms with E-state index in [1.165, 1.54) is 6.07 Å². The molecule has 0 radical (unpaired) electrons. The van der Waals surface area contributed by atoms with E-state index in [0.717, 1.165) is 0 Å². The predicted molar refractivity (Wildman–Crippen MR) is 85.0 cm³/mol. The van der Waals surface area contributed by atoms with Crippen LogP contribution in [0.15, 0.2) is 12.1 Å². The van der Waals surface area contributed by atoms with Gasteiger partial charge in [-0.05, 0) is 46.1 Å². The number of nitro benzene ring substituents is 1. The zero-order valence-corrected chi connectivity index (χ0v) is 14.1. The fourth-order valence-corrected chi connectivity index (χ4v) is 2.41. The minimum absolute atomic E-state index is 0.0643. The first kappa shape index (κ1) is 17.1. The first-order valence-corrected chi connectivity index (χ1v) is 7.43. The number of halogens is 1. The lowest BCUT2D eigenvalue weighted by Gasteiger charge is -2.32. The zero-order chi connectivity index (χ0) is 16.7. The van der Waals surface area contributed by atoms with Gasteiger partial charge < -0.3 is 14.0 Å². The highest BCUT2D eigenvalue weighted by molar-refractivity contribution is 6.62. The van der Waals surface area contributed by atoms with Crippen molar-refractivity contribution in [2.24, 2.45) is 0 Å². The van der Waals surface area contributed by atoms with Gasteiger partial charge in [-0.25, -0.2) is 0 Å². The van der Waals surface area contributed by atoms with Crippen molar-refractivity contribution in [1.29, 1.82) is 0 Å². The Labute approximate surface area is 135 Å². The number of hydrogen-bond donors (Lipinski definition) is 0. The summed E-state index contributed by atoms with van der Waals surface area (Å²) in [5.41, 5.74) is -0.757. The third-order valence-electron chi connectivity index (χ3n) is 4.06. The summed E-state index contributed by atoms with van der Waals surface area (Å²) in [5, 5.41) is 11.4. The lowest BCUT2D eigenvalue weighted by atomic mass is 9.79. The van der Waals surface area contributed by atoms with E-state index < -0.39 is 23.2 Å². The molecule has 0 atom stereocenters. The Bertz CT molecular complexity index is 589. The molecule has 6 nitrogen and oxygen atoms in total.